The highest BCUT2D eigenvalue weighted by molar-refractivity contribution is 7.14. The van der Waals surface area contributed by atoms with Crippen molar-refractivity contribution in [3.05, 3.63) is 63.8 Å². The molecule has 0 unspecified atom stereocenters. The smallest absolute Gasteiger partial charge is 0.279 e. The summed E-state index contributed by atoms with van der Waals surface area (Å²) in [5.74, 6) is 0.833. The third-order valence-electron chi connectivity index (χ3n) is 4.69. The van der Waals surface area contributed by atoms with Gasteiger partial charge in [-0.3, -0.25) is 20.4 Å². The highest BCUT2D eigenvalue weighted by Gasteiger charge is 2.18. The molecular formula is C21H21N3O3S. The van der Waals surface area contributed by atoms with E-state index in [0.29, 0.717) is 23.6 Å². The zero-order valence-corrected chi connectivity index (χ0v) is 16.2. The van der Waals surface area contributed by atoms with Crippen molar-refractivity contribution in [3.8, 4) is 11.3 Å². The lowest BCUT2D eigenvalue weighted by Gasteiger charge is -2.05. The number of nitrogens with zero attached hydrogens (tertiary/aromatic N) is 1. The summed E-state index contributed by atoms with van der Waals surface area (Å²) in [4.78, 5) is 30.3. The van der Waals surface area contributed by atoms with Crippen LogP contribution in [-0.4, -0.2) is 16.8 Å². The number of aryl methyl sites for hydroxylation is 3. The monoisotopic (exact) mass is 395 g/mol. The molecule has 1 aliphatic carbocycles. The second kappa shape index (κ2) is 8.39. The molecule has 0 radical (unpaired) electrons. The number of fused-ring (bicyclic) bond motifs is 1. The third-order valence-corrected chi connectivity index (χ3v) is 5.93. The highest BCUT2D eigenvalue weighted by Crippen LogP contribution is 2.30. The predicted octanol–water partition coefficient (Wildman–Crippen LogP) is 3.68. The summed E-state index contributed by atoms with van der Waals surface area (Å²) in [5, 5.41) is 0. The molecule has 0 fully saturated rings. The van der Waals surface area contributed by atoms with Crippen molar-refractivity contribution in [1.29, 1.82) is 0 Å². The molecule has 2 heterocycles. The van der Waals surface area contributed by atoms with E-state index in [4.69, 9.17) is 4.42 Å². The number of thiophene rings is 1. The summed E-state index contributed by atoms with van der Waals surface area (Å²) >= 11 is 1.51. The topological polar surface area (TPSA) is 84.2 Å². The van der Waals surface area contributed by atoms with Crippen LogP contribution in [0.25, 0.3) is 11.3 Å². The van der Waals surface area contributed by atoms with Gasteiger partial charge in [0.1, 0.15) is 0 Å². The van der Waals surface area contributed by atoms with Crippen LogP contribution < -0.4 is 10.9 Å². The van der Waals surface area contributed by atoms with E-state index in [1.165, 1.54) is 21.8 Å². The quantitative estimate of drug-likeness (QED) is 0.624. The maximum Gasteiger partial charge on any atom is 0.279 e. The van der Waals surface area contributed by atoms with Crippen molar-refractivity contribution in [1.82, 2.24) is 15.8 Å². The summed E-state index contributed by atoms with van der Waals surface area (Å²) in [6, 6.07) is 11.7. The molecule has 144 valence electrons. The van der Waals surface area contributed by atoms with Crippen LogP contribution >= 0.6 is 11.3 Å². The Kier molecular flexibility index (Phi) is 5.53. The SMILES string of the molecule is O=C(CCCc1ncc(-c2ccccc2)o1)NNC(=O)c1cc2c(s1)CCC2. The number of hydrogen-bond donors (Lipinski definition) is 2. The summed E-state index contributed by atoms with van der Waals surface area (Å²) in [5.41, 5.74) is 7.21. The molecule has 0 saturated heterocycles. The van der Waals surface area contributed by atoms with Crippen molar-refractivity contribution in [2.24, 2.45) is 0 Å². The number of aromatic nitrogens is 1. The van der Waals surface area contributed by atoms with Gasteiger partial charge in [-0.05, 0) is 37.3 Å². The largest absolute Gasteiger partial charge is 0.441 e. The number of oxazole rings is 1. The summed E-state index contributed by atoms with van der Waals surface area (Å²) in [6.07, 6.45) is 6.38. The molecular weight excluding hydrogens is 374 g/mol. The fourth-order valence-electron chi connectivity index (χ4n) is 3.25. The van der Waals surface area contributed by atoms with Gasteiger partial charge < -0.3 is 4.42 Å². The van der Waals surface area contributed by atoms with Crippen LogP contribution in [0.15, 0.2) is 47.0 Å². The van der Waals surface area contributed by atoms with Crippen LogP contribution in [0.2, 0.25) is 0 Å². The molecule has 0 bridgehead atoms. The van der Waals surface area contributed by atoms with Gasteiger partial charge in [0.15, 0.2) is 11.7 Å². The van der Waals surface area contributed by atoms with Gasteiger partial charge in [0, 0.05) is 23.3 Å². The van der Waals surface area contributed by atoms with Crippen LogP contribution in [0, 0.1) is 0 Å². The van der Waals surface area contributed by atoms with Gasteiger partial charge in [0.2, 0.25) is 5.91 Å². The van der Waals surface area contributed by atoms with Crippen LogP contribution in [0.4, 0.5) is 0 Å². The molecule has 2 aromatic heterocycles. The minimum atomic E-state index is -0.257. The Bertz CT molecular complexity index is 956. The second-order valence-corrected chi connectivity index (χ2v) is 7.89. The molecule has 3 aromatic rings. The van der Waals surface area contributed by atoms with E-state index in [-0.39, 0.29) is 18.2 Å². The average molecular weight is 395 g/mol. The first kappa shape index (κ1) is 18.4. The standard InChI is InChI=1S/C21H21N3O3S/c25-19(23-24-21(26)18-12-15-8-4-9-17(15)28-18)10-5-11-20-22-13-16(27-20)14-6-2-1-3-7-14/h1-3,6-7,12-13H,4-5,8-11H2,(H,23,25)(H,24,26). The van der Waals surface area contributed by atoms with E-state index in [1.807, 2.05) is 36.4 Å². The molecule has 6 nitrogen and oxygen atoms in total. The first-order valence-electron chi connectivity index (χ1n) is 9.40. The van der Waals surface area contributed by atoms with E-state index >= 15 is 0 Å². The van der Waals surface area contributed by atoms with Crippen molar-refractivity contribution in [3.63, 3.8) is 0 Å². The molecule has 0 saturated carbocycles. The first-order valence-corrected chi connectivity index (χ1v) is 10.2. The minimum absolute atomic E-state index is 0.229. The number of benzene rings is 1. The van der Waals surface area contributed by atoms with Gasteiger partial charge >= 0.3 is 0 Å². The lowest BCUT2D eigenvalue weighted by molar-refractivity contribution is -0.121. The Labute approximate surface area is 167 Å². The zero-order valence-electron chi connectivity index (χ0n) is 15.4. The van der Waals surface area contributed by atoms with Crippen molar-refractivity contribution < 1.29 is 14.0 Å². The van der Waals surface area contributed by atoms with Crippen molar-refractivity contribution in [2.45, 2.75) is 38.5 Å². The molecule has 1 aliphatic rings. The Hall–Kier alpha value is -2.93. The molecule has 2 N–H and O–H groups in total. The van der Waals surface area contributed by atoms with Crippen LogP contribution in [0.3, 0.4) is 0 Å². The number of rotatable bonds is 6. The number of hydrazine groups is 1. The van der Waals surface area contributed by atoms with E-state index in [9.17, 15) is 9.59 Å². The predicted molar refractivity (Wildman–Crippen MR) is 107 cm³/mol. The maximum absolute atomic E-state index is 12.1. The van der Waals surface area contributed by atoms with Gasteiger partial charge in [-0.1, -0.05) is 30.3 Å². The van der Waals surface area contributed by atoms with E-state index in [0.717, 1.165) is 30.6 Å². The number of carbonyl (C=O) groups excluding carboxylic acids is 2. The molecule has 0 atom stereocenters. The van der Waals surface area contributed by atoms with Crippen molar-refractivity contribution >= 4 is 23.2 Å². The second-order valence-electron chi connectivity index (χ2n) is 6.75. The van der Waals surface area contributed by atoms with Gasteiger partial charge in [0.25, 0.3) is 5.91 Å². The average Bonchev–Trinajstić information content (AvgIpc) is 3.43. The molecule has 1 aromatic carbocycles. The summed E-state index contributed by atoms with van der Waals surface area (Å²) < 4.78 is 5.73. The lowest BCUT2D eigenvalue weighted by atomic mass is 10.2. The lowest BCUT2D eigenvalue weighted by Crippen LogP contribution is -2.41. The molecule has 0 spiro atoms. The molecule has 28 heavy (non-hydrogen) atoms. The van der Waals surface area contributed by atoms with E-state index in [2.05, 4.69) is 15.8 Å². The Morgan fingerprint density at radius 1 is 1.14 bits per heavy atom. The fourth-order valence-corrected chi connectivity index (χ4v) is 4.40. The van der Waals surface area contributed by atoms with Gasteiger partial charge in [-0.2, -0.15) is 0 Å². The van der Waals surface area contributed by atoms with Crippen molar-refractivity contribution in [2.75, 3.05) is 0 Å². The molecule has 7 heteroatoms. The maximum atomic E-state index is 12.1. The van der Waals surface area contributed by atoms with Gasteiger partial charge in [-0.15, -0.1) is 11.3 Å². The van der Waals surface area contributed by atoms with Gasteiger partial charge in [0.05, 0.1) is 11.1 Å². The minimum Gasteiger partial charge on any atom is -0.441 e. The van der Waals surface area contributed by atoms with Crippen LogP contribution in [0.1, 0.15) is 45.3 Å². The van der Waals surface area contributed by atoms with E-state index in [1.54, 1.807) is 6.20 Å². The number of amides is 2. The Morgan fingerprint density at radius 2 is 2.00 bits per heavy atom. The fraction of sp³-hybridized carbons (Fsp3) is 0.286. The zero-order chi connectivity index (χ0) is 19.3. The molecule has 4 rings (SSSR count). The Morgan fingerprint density at radius 3 is 2.82 bits per heavy atom. The number of carbonyl (C=O) groups is 2. The Balaban J connectivity index is 1.19. The van der Waals surface area contributed by atoms with Crippen LogP contribution in [-0.2, 0) is 24.1 Å². The first-order chi connectivity index (χ1) is 13.7. The molecule has 0 aliphatic heterocycles. The van der Waals surface area contributed by atoms with Crippen LogP contribution in [0.5, 0.6) is 0 Å². The number of hydrogen-bond acceptors (Lipinski definition) is 5. The normalized spacial score (nSPS) is 12.6. The summed E-state index contributed by atoms with van der Waals surface area (Å²) in [7, 11) is 0. The molecule has 2 amide bonds. The highest BCUT2D eigenvalue weighted by atomic mass is 32.1. The number of nitrogens with one attached hydrogen (secondary N) is 2. The van der Waals surface area contributed by atoms with E-state index < -0.39 is 0 Å². The van der Waals surface area contributed by atoms with Gasteiger partial charge in [-0.25, -0.2) is 4.98 Å². The summed E-state index contributed by atoms with van der Waals surface area (Å²) in [6.45, 7) is 0. The third kappa shape index (κ3) is 4.31.